The maximum absolute atomic E-state index is 10.5. The van der Waals surface area contributed by atoms with Crippen LogP contribution in [0.15, 0.2) is 36.7 Å². The van der Waals surface area contributed by atoms with Crippen LogP contribution in [0, 0.1) is 0 Å². The largest absolute Gasteiger partial charge is 0.494 e. The summed E-state index contributed by atoms with van der Waals surface area (Å²) < 4.78 is 10.9. The molecule has 30 heavy (non-hydrogen) atoms. The molecule has 0 atom stereocenters. The molecule has 0 unspecified atom stereocenters. The number of aryl methyl sites for hydroxylation is 1. The fourth-order valence-electron chi connectivity index (χ4n) is 3.18. The first kappa shape index (κ1) is 23.8. The lowest BCUT2D eigenvalue weighted by molar-refractivity contribution is -0.137. The van der Waals surface area contributed by atoms with Crippen LogP contribution in [0.1, 0.15) is 63.4 Å². The highest BCUT2D eigenvalue weighted by Crippen LogP contribution is 2.20. The molecule has 0 aliphatic rings. The van der Waals surface area contributed by atoms with Crippen molar-refractivity contribution in [2.45, 2.75) is 64.2 Å². The topological polar surface area (TPSA) is 81.5 Å². The van der Waals surface area contributed by atoms with Crippen molar-refractivity contribution in [1.29, 1.82) is 0 Å². The molecule has 0 fully saturated rings. The van der Waals surface area contributed by atoms with Crippen LogP contribution in [0.5, 0.6) is 5.75 Å². The number of carboxylic acid groups (broad SMARTS) is 1. The van der Waals surface area contributed by atoms with E-state index in [-0.39, 0.29) is 6.42 Å². The Labute approximate surface area is 179 Å². The SMILES string of the molecule is COCCCCCCOc1ccc(-c2ncc(CCCCCCC(=O)O)cn2)cc1. The van der Waals surface area contributed by atoms with Crippen molar-refractivity contribution < 1.29 is 19.4 Å². The van der Waals surface area contributed by atoms with Crippen molar-refractivity contribution in [3.8, 4) is 17.1 Å². The molecule has 0 bridgehead atoms. The van der Waals surface area contributed by atoms with Crippen LogP contribution in [0.3, 0.4) is 0 Å². The van der Waals surface area contributed by atoms with E-state index in [1.807, 2.05) is 36.7 Å². The first-order valence-corrected chi connectivity index (χ1v) is 10.9. The smallest absolute Gasteiger partial charge is 0.303 e. The minimum Gasteiger partial charge on any atom is -0.494 e. The molecule has 2 aromatic rings. The van der Waals surface area contributed by atoms with E-state index in [1.165, 1.54) is 6.42 Å². The van der Waals surface area contributed by atoms with Crippen LogP contribution in [-0.4, -0.2) is 41.4 Å². The summed E-state index contributed by atoms with van der Waals surface area (Å²) in [7, 11) is 1.74. The van der Waals surface area contributed by atoms with Crippen LogP contribution >= 0.6 is 0 Å². The zero-order valence-electron chi connectivity index (χ0n) is 18.0. The summed E-state index contributed by atoms with van der Waals surface area (Å²) in [5.41, 5.74) is 2.09. The average Bonchev–Trinajstić information content (AvgIpc) is 2.76. The van der Waals surface area contributed by atoms with Crippen molar-refractivity contribution >= 4 is 5.97 Å². The van der Waals surface area contributed by atoms with Crippen molar-refractivity contribution in [1.82, 2.24) is 9.97 Å². The van der Waals surface area contributed by atoms with Crippen molar-refractivity contribution in [3.05, 3.63) is 42.2 Å². The first-order chi connectivity index (χ1) is 14.7. The van der Waals surface area contributed by atoms with Gasteiger partial charge >= 0.3 is 5.97 Å². The summed E-state index contributed by atoms with van der Waals surface area (Å²) in [6.07, 6.45) is 13.2. The third kappa shape index (κ3) is 9.83. The molecular formula is C24H34N2O4. The number of unbranched alkanes of at least 4 members (excludes halogenated alkanes) is 6. The lowest BCUT2D eigenvalue weighted by Crippen LogP contribution is -1.98. The Hall–Kier alpha value is -2.47. The van der Waals surface area contributed by atoms with E-state index in [2.05, 4.69) is 9.97 Å². The minimum absolute atomic E-state index is 0.260. The van der Waals surface area contributed by atoms with Gasteiger partial charge < -0.3 is 14.6 Å². The van der Waals surface area contributed by atoms with Crippen LogP contribution in [-0.2, 0) is 16.0 Å². The average molecular weight is 415 g/mol. The highest BCUT2D eigenvalue weighted by Gasteiger charge is 2.03. The standard InChI is InChI=1S/C24H34N2O4/c1-29-16-8-4-5-9-17-30-22-14-12-21(13-15-22)24-25-18-20(19-26-24)10-6-2-3-7-11-23(27)28/h12-15,18-19H,2-11,16-17H2,1H3,(H,27,28). The Morgan fingerprint density at radius 3 is 2.17 bits per heavy atom. The van der Waals surface area contributed by atoms with Gasteiger partial charge in [-0.2, -0.15) is 0 Å². The van der Waals surface area contributed by atoms with E-state index >= 15 is 0 Å². The van der Waals surface area contributed by atoms with Gasteiger partial charge in [-0.3, -0.25) is 4.79 Å². The third-order valence-electron chi connectivity index (χ3n) is 4.94. The van der Waals surface area contributed by atoms with Gasteiger partial charge in [-0.05, 0) is 68.4 Å². The molecule has 0 saturated heterocycles. The van der Waals surface area contributed by atoms with E-state index in [0.29, 0.717) is 5.82 Å². The number of carboxylic acids is 1. The van der Waals surface area contributed by atoms with E-state index in [4.69, 9.17) is 14.6 Å². The monoisotopic (exact) mass is 414 g/mol. The number of hydrogen-bond acceptors (Lipinski definition) is 5. The van der Waals surface area contributed by atoms with Gasteiger partial charge in [0.1, 0.15) is 5.75 Å². The van der Waals surface area contributed by atoms with Crippen LogP contribution in [0.2, 0.25) is 0 Å². The molecule has 1 aromatic heterocycles. The molecule has 0 amide bonds. The van der Waals surface area contributed by atoms with Gasteiger partial charge in [0.25, 0.3) is 0 Å². The Bertz CT molecular complexity index is 717. The zero-order valence-corrected chi connectivity index (χ0v) is 18.0. The number of aromatic nitrogens is 2. The molecule has 0 radical (unpaired) electrons. The predicted octanol–water partition coefficient (Wildman–Crippen LogP) is 5.31. The Balaban J connectivity index is 1.67. The molecular weight excluding hydrogens is 380 g/mol. The summed E-state index contributed by atoms with van der Waals surface area (Å²) in [5, 5.41) is 8.64. The van der Waals surface area contributed by atoms with E-state index in [9.17, 15) is 4.79 Å². The van der Waals surface area contributed by atoms with Crippen molar-refractivity contribution in [3.63, 3.8) is 0 Å². The molecule has 0 saturated carbocycles. The van der Waals surface area contributed by atoms with Crippen LogP contribution in [0.25, 0.3) is 11.4 Å². The van der Waals surface area contributed by atoms with Gasteiger partial charge in [-0.25, -0.2) is 9.97 Å². The molecule has 164 valence electrons. The fraction of sp³-hybridized carbons (Fsp3) is 0.542. The Kier molecular flexibility index (Phi) is 11.5. The van der Waals surface area contributed by atoms with Gasteiger partial charge in [0, 0.05) is 38.1 Å². The normalized spacial score (nSPS) is 10.8. The van der Waals surface area contributed by atoms with Crippen molar-refractivity contribution in [2.75, 3.05) is 20.3 Å². The summed E-state index contributed by atoms with van der Waals surface area (Å²) in [4.78, 5) is 19.5. The number of aliphatic carboxylic acids is 1. The lowest BCUT2D eigenvalue weighted by Gasteiger charge is -2.07. The highest BCUT2D eigenvalue weighted by atomic mass is 16.5. The molecule has 0 spiro atoms. The summed E-state index contributed by atoms with van der Waals surface area (Å²) in [6.45, 7) is 1.56. The van der Waals surface area contributed by atoms with Crippen molar-refractivity contribution in [2.24, 2.45) is 0 Å². The summed E-state index contributed by atoms with van der Waals surface area (Å²) in [6, 6.07) is 7.92. The molecule has 1 heterocycles. The Morgan fingerprint density at radius 2 is 1.50 bits per heavy atom. The number of nitrogens with zero attached hydrogens (tertiary/aromatic N) is 2. The van der Waals surface area contributed by atoms with Gasteiger partial charge in [-0.1, -0.05) is 19.3 Å². The number of carbonyl (C=O) groups is 1. The van der Waals surface area contributed by atoms with Gasteiger partial charge in [-0.15, -0.1) is 0 Å². The van der Waals surface area contributed by atoms with Crippen LogP contribution < -0.4 is 4.74 Å². The quantitative estimate of drug-likeness (QED) is 0.375. The highest BCUT2D eigenvalue weighted by molar-refractivity contribution is 5.66. The molecule has 0 aliphatic heterocycles. The molecule has 6 nitrogen and oxygen atoms in total. The second-order valence-electron chi connectivity index (χ2n) is 7.50. The second kappa shape index (κ2) is 14.5. The predicted molar refractivity (Wildman–Crippen MR) is 118 cm³/mol. The molecule has 1 N–H and O–H groups in total. The maximum atomic E-state index is 10.5. The molecule has 2 rings (SSSR count). The molecule has 0 aliphatic carbocycles. The second-order valence-corrected chi connectivity index (χ2v) is 7.50. The molecule has 6 heteroatoms. The minimum atomic E-state index is -0.715. The maximum Gasteiger partial charge on any atom is 0.303 e. The number of hydrogen-bond donors (Lipinski definition) is 1. The molecule has 1 aromatic carbocycles. The Morgan fingerprint density at radius 1 is 0.867 bits per heavy atom. The fourth-order valence-corrected chi connectivity index (χ4v) is 3.18. The van der Waals surface area contributed by atoms with Gasteiger partial charge in [0.15, 0.2) is 5.82 Å². The number of methoxy groups -OCH3 is 1. The summed E-state index contributed by atoms with van der Waals surface area (Å²) in [5.74, 6) is 0.868. The number of benzene rings is 1. The number of rotatable bonds is 16. The first-order valence-electron chi connectivity index (χ1n) is 10.9. The number of ether oxygens (including phenoxy) is 2. The summed E-state index contributed by atoms with van der Waals surface area (Å²) >= 11 is 0. The van der Waals surface area contributed by atoms with Crippen LogP contribution in [0.4, 0.5) is 0 Å². The van der Waals surface area contributed by atoms with E-state index < -0.39 is 5.97 Å². The van der Waals surface area contributed by atoms with E-state index in [0.717, 1.165) is 81.5 Å². The van der Waals surface area contributed by atoms with Gasteiger partial charge in [0.2, 0.25) is 0 Å². The third-order valence-corrected chi connectivity index (χ3v) is 4.94. The lowest BCUT2D eigenvalue weighted by atomic mass is 10.1. The van der Waals surface area contributed by atoms with E-state index in [1.54, 1.807) is 7.11 Å². The van der Waals surface area contributed by atoms with Gasteiger partial charge in [0.05, 0.1) is 6.61 Å². The zero-order chi connectivity index (χ0) is 21.4.